The number of rotatable bonds is 9. The number of nitrogens with zero attached hydrogens (tertiary/aromatic N) is 1. The summed E-state index contributed by atoms with van der Waals surface area (Å²) in [4.78, 5) is 42.4. The van der Waals surface area contributed by atoms with Crippen LogP contribution in [0, 0.1) is 5.92 Å². The molecule has 0 radical (unpaired) electrons. The highest BCUT2D eigenvalue weighted by atomic mass is 16.6. The van der Waals surface area contributed by atoms with Crippen molar-refractivity contribution in [2.75, 3.05) is 27.4 Å². The summed E-state index contributed by atoms with van der Waals surface area (Å²) in [6.45, 7) is 3.13. The van der Waals surface area contributed by atoms with E-state index in [1.165, 1.54) is 26.3 Å². The number of amides is 1. The van der Waals surface area contributed by atoms with E-state index in [4.69, 9.17) is 28.4 Å². The Balaban J connectivity index is 1.55. The van der Waals surface area contributed by atoms with Gasteiger partial charge in [-0.15, -0.1) is 0 Å². The molecule has 0 spiro atoms. The third kappa shape index (κ3) is 8.45. The summed E-state index contributed by atoms with van der Waals surface area (Å²) in [6.07, 6.45) is 1.37. The molecular weight excluding hydrogens is 556 g/mol. The monoisotopic (exact) mass is 592 g/mol. The molecule has 1 amide bonds. The summed E-state index contributed by atoms with van der Waals surface area (Å²) in [5.74, 6) is -0.828. The van der Waals surface area contributed by atoms with Gasteiger partial charge in [0.25, 0.3) is 5.91 Å². The van der Waals surface area contributed by atoms with Crippen molar-refractivity contribution < 1.29 is 42.8 Å². The average molecular weight is 593 g/mol. The molecule has 11 heteroatoms. The summed E-state index contributed by atoms with van der Waals surface area (Å²) in [5, 5.41) is 2.61. The SMILES string of the molecule is COc1ccc(C[C@H]2CCOC[C@H](NC(=O)c3nccc(OC)c3OC(C)=O)C(=O)O[C@@H](C)[C@@H]2Oc2ccccc2)cc1. The van der Waals surface area contributed by atoms with Crippen molar-refractivity contribution in [1.82, 2.24) is 10.3 Å². The molecule has 0 unspecified atom stereocenters. The van der Waals surface area contributed by atoms with Crippen molar-refractivity contribution in [1.29, 1.82) is 0 Å². The fourth-order valence-corrected chi connectivity index (χ4v) is 4.84. The van der Waals surface area contributed by atoms with Gasteiger partial charge in [0.05, 0.1) is 20.8 Å². The minimum Gasteiger partial charge on any atom is -0.497 e. The Labute approximate surface area is 250 Å². The molecule has 2 aromatic carbocycles. The van der Waals surface area contributed by atoms with Gasteiger partial charge in [-0.2, -0.15) is 0 Å². The number of hydrogen-bond donors (Lipinski definition) is 1. The van der Waals surface area contributed by atoms with E-state index in [1.54, 1.807) is 14.0 Å². The molecule has 0 aliphatic carbocycles. The van der Waals surface area contributed by atoms with E-state index in [1.807, 2.05) is 54.6 Å². The molecular formula is C32H36N2O9. The number of benzene rings is 2. The molecule has 1 fully saturated rings. The van der Waals surface area contributed by atoms with E-state index in [0.29, 0.717) is 25.2 Å². The van der Waals surface area contributed by atoms with Gasteiger partial charge in [0.2, 0.25) is 5.75 Å². The number of hydrogen-bond acceptors (Lipinski definition) is 10. The number of aromatic nitrogens is 1. The van der Waals surface area contributed by atoms with Crippen LogP contribution in [0.3, 0.4) is 0 Å². The smallest absolute Gasteiger partial charge is 0.331 e. The van der Waals surface area contributed by atoms with Gasteiger partial charge in [-0.3, -0.25) is 9.59 Å². The van der Waals surface area contributed by atoms with Crippen LogP contribution in [0.1, 0.15) is 36.3 Å². The quantitative estimate of drug-likeness (QED) is 0.366. The zero-order valence-electron chi connectivity index (χ0n) is 24.6. The molecule has 4 rings (SSSR count). The predicted octanol–water partition coefficient (Wildman–Crippen LogP) is 3.78. The number of methoxy groups -OCH3 is 2. The van der Waals surface area contributed by atoms with Gasteiger partial charge in [0.1, 0.15) is 23.7 Å². The van der Waals surface area contributed by atoms with Gasteiger partial charge in [0, 0.05) is 31.7 Å². The first-order valence-corrected chi connectivity index (χ1v) is 13.9. The zero-order valence-corrected chi connectivity index (χ0v) is 24.6. The Morgan fingerprint density at radius 3 is 2.42 bits per heavy atom. The first kappa shape index (κ1) is 31.3. The number of pyridine rings is 1. The molecule has 0 bridgehead atoms. The van der Waals surface area contributed by atoms with Gasteiger partial charge in [-0.1, -0.05) is 30.3 Å². The molecule has 1 aliphatic rings. The van der Waals surface area contributed by atoms with Crippen LogP contribution < -0.4 is 24.3 Å². The van der Waals surface area contributed by atoms with Crippen LogP contribution >= 0.6 is 0 Å². The van der Waals surface area contributed by atoms with Gasteiger partial charge in [-0.05, 0) is 49.6 Å². The summed E-state index contributed by atoms with van der Waals surface area (Å²) in [6, 6.07) is 17.4. The number of carbonyl (C=O) groups excluding carboxylic acids is 3. The lowest BCUT2D eigenvalue weighted by atomic mass is 9.88. The molecule has 1 aliphatic heterocycles. The standard InChI is InChI=1S/C32H36N2O9/c1-20-29(43-25-8-6-5-7-9-25)23(18-22-10-12-24(38-3)13-11-22)15-17-40-19-26(32(37)41-20)34-31(36)28-30(42-21(2)35)27(39-4)14-16-33-28/h5-14,16,20,23,26,29H,15,17-19H2,1-4H3,(H,34,36)/t20-,23+,26-,29-/m0/s1. The number of cyclic esters (lactones) is 1. The topological polar surface area (TPSA) is 132 Å². The second kappa shape index (κ2) is 15.0. The van der Waals surface area contributed by atoms with E-state index in [-0.39, 0.29) is 29.7 Å². The van der Waals surface area contributed by atoms with Crippen LogP contribution in [-0.4, -0.2) is 68.5 Å². The molecule has 2 heterocycles. The van der Waals surface area contributed by atoms with Crippen LogP contribution in [0.25, 0.3) is 0 Å². The largest absolute Gasteiger partial charge is 0.497 e. The lowest BCUT2D eigenvalue weighted by Gasteiger charge is -2.34. The van der Waals surface area contributed by atoms with Gasteiger partial charge >= 0.3 is 11.9 Å². The van der Waals surface area contributed by atoms with E-state index >= 15 is 0 Å². The molecule has 228 valence electrons. The Morgan fingerprint density at radius 1 is 1.00 bits per heavy atom. The van der Waals surface area contributed by atoms with Crippen molar-refractivity contribution in [2.24, 2.45) is 5.92 Å². The fraction of sp³-hybridized carbons (Fsp3) is 0.375. The fourth-order valence-electron chi connectivity index (χ4n) is 4.84. The van der Waals surface area contributed by atoms with Gasteiger partial charge < -0.3 is 33.7 Å². The van der Waals surface area contributed by atoms with Crippen molar-refractivity contribution in [2.45, 2.75) is 44.9 Å². The molecule has 1 saturated heterocycles. The lowest BCUT2D eigenvalue weighted by molar-refractivity contribution is -0.160. The van der Waals surface area contributed by atoms with Crippen molar-refractivity contribution in [3.05, 3.63) is 78.1 Å². The summed E-state index contributed by atoms with van der Waals surface area (Å²) in [5.41, 5.74) is 0.847. The van der Waals surface area contributed by atoms with E-state index in [9.17, 15) is 14.4 Å². The highest BCUT2D eigenvalue weighted by Gasteiger charge is 2.36. The lowest BCUT2D eigenvalue weighted by Crippen LogP contribution is -2.50. The van der Waals surface area contributed by atoms with E-state index < -0.39 is 36.1 Å². The molecule has 4 atom stereocenters. The maximum atomic E-state index is 13.4. The van der Waals surface area contributed by atoms with Gasteiger partial charge in [-0.25, -0.2) is 9.78 Å². The molecule has 0 saturated carbocycles. The first-order chi connectivity index (χ1) is 20.8. The Kier molecular flexibility index (Phi) is 10.9. The summed E-state index contributed by atoms with van der Waals surface area (Å²) >= 11 is 0. The Morgan fingerprint density at radius 2 is 1.74 bits per heavy atom. The van der Waals surface area contributed by atoms with Gasteiger partial charge in [0.15, 0.2) is 17.5 Å². The molecule has 3 aromatic rings. The maximum absolute atomic E-state index is 13.4. The Hall–Kier alpha value is -4.64. The van der Waals surface area contributed by atoms with Crippen molar-refractivity contribution in [3.63, 3.8) is 0 Å². The second-order valence-corrected chi connectivity index (χ2v) is 10.0. The third-order valence-corrected chi connectivity index (χ3v) is 6.96. The minimum absolute atomic E-state index is 0.0742. The third-order valence-electron chi connectivity index (χ3n) is 6.96. The molecule has 1 aromatic heterocycles. The summed E-state index contributed by atoms with van der Waals surface area (Å²) < 4.78 is 33.9. The summed E-state index contributed by atoms with van der Waals surface area (Å²) in [7, 11) is 2.99. The van der Waals surface area contributed by atoms with Crippen LogP contribution in [0.5, 0.6) is 23.0 Å². The number of carbonyl (C=O) groups is 3. The van der Waals surface area contributed by atoms with Crippen molar-refractivity contribution in [3.8, 4) is 23.0 Å². The predicted molar refractivity (Wildman–Crippen MR) is 155 cm³/mol. The van der Waals surface area contributed by atoms with Crippen molar-refractivity contribution >= 4 is 17.8 Å². The van der Waals surface area contributed by atoms with E-state index in [2.05, 4.69) is 10.3 Å². The number of ether oxygens (including phenoxy) is 6. The molecule has 1 N–H and O–H groups in total. The normalized spacial score (nSPS) is 20.7. The van der Waals surface area contributed by atoms with Crippen LogP contribution in [0.15, 0.2) is 66.9 Å². The second-order valence-electron chi connectivity index (χ2n) is 10.0. The van der Waals surface area contributed by atoms with E-state index in [0.717, 1.165) is 11.3 Å². The minimum atomic E-state index is -1.16. The molecule has 43 heavy (non-hydrogen) atoms. The zero-order chi connectivity index (χ0) is 30.8. The number of nitrogens with one attached hydrogen (secondary N) is 1. The highest BCUT2D eigenvalue weighted by molar-refractivity contribution is 5.98. The van der Waals surface area contributed by atoms with Crippen LogP contribution in [0.2, 0.25) is 0 Å². The van der Waals surface area contributed by atoms with Crippen LogP contribution in [0.4, 0.5) is 0 Å². The highest BCUT2D eigenvalue weighted by Crippen LogP contribution is 2.30. The number of para-hydroxylation sites is 1. The number of esters is 2. The Bertz CT molecular complexity index is 1380. The molecule has 11 nitrogen and oxygen atoms in total. The first-order valence-electron chi connectivity index (χ1n) is 13.9. The average Bonchev–Trinajstić information content (AvgIpc) is 3.00. The van der Waals surface area contributed by atoms with Crippen LogP contribution in [-0.2, 0) is 25.5 Å². The maximum Gasteiger partial charge on any atom is 0.331 e.